The molecule has 0 aliphatic carbocycles. The Morgan fingerprint density at radius 2 is 2.06 bits per heavy atom. The number of hydrogen-bond acceptors (Lipinski definition) is 8. The van der Waals surface area contributed by atoms with E-state index in [0.717, 1.165) is 13.1 Å². The highest BCUT2D eigenvalue weighted by atomic mass is 32.1. The van der Waals surface area contributed by atoms with Gasteiger partial charge in [-0.05, 0) is 29.1 Å². The van der Waals surface area contributed by atoms with Crippen LogP contribution in [0.3, 0.4) is 0 Å². The number of methoxy groups -OCH3 is 1. The van der Waals surface area contributed by atoms with Crippen molar-refractivity contribution in [3.8, 4) is 11.5 Å². The quantitative estimate of drug-likeness (QED) is 0.409. The zero-order valence-corrected chi connectivity index (χ0v) is 19.9. The lowest BCUT2D eigenvalue weighted by Crippen LogP contribution is -2.43. The van der Waals surface area contributed by atoms with E-state index < -0.39 is 17.7 Å². The molecule has 4 rings (SSSR count). The minimum atomic E-state index is -0.745. The van der Waals surface area contributed by atoms with Crippen molar-refractivity contribution in [1.82, 2.24) is 9.80 Å². The fraction of sp³-hybridized carbons (Fsp3) is 0.360. The summed E-state index contributed by atoms with van der Waals surface area (Å²) in [5, 5.41) is 12.6. The molecule has 8 nitrogen and oxygen atoms in total. The van der Waals surface area contributed by atoms with Crippen LogP contribution in [0.1, 0.15) is 21.3 Å². The van der Waals surface area contributed by atoms with Gasteiger partial charge in [0.05, 0.1) is 36.8 Å². The van der Waals surface area contributed by atoms with E-state index in [4.69, 9.17) is 14.2 Å². The summed E-state index contributed by atoms with van der Waals surface area (Å²) in [5.74, 6) is -0.421. The Morgan fingerprint density at radius 1 is 1.26 bits per heavy atom. The minimum Gasteiger partial charge on any atom is -0.503 e. The lowest BCUT2D eigenvalue weighted by molar-refractivity contribution is -0.129. The maximum Gasteiger partial charge on any atom is 0.290 e. The second kappa shape index (κ2) is 10.9. The van der Waals surface area contributed by atoms with Gasteiger partial charge in [0.25, 0.3) is 5.91 Å². The van der Waals surface area contributed by atoms with Crippen molar-refractivity contribution >= 4 is 23.0 Å². The van der Waals surface area contributed by atoms with Crippen molar-refractivity contribution in [3.05, 3.63) is 70.1 Å². The average molecular weight is 485 g/mol. The van der Waals surface area contributed by atoms with Gasteiger partial charge in [-0.3, -0.25) is 14.5 Å². The summed E-state index contributed by atoms with van der Waals surface area (Å²) >= 11 is 1.27. The zero-order valence-electron chi connectivity index (χ0n) is 19.1. The van der Waals surface area contributed by atoms with Gasteiger partial charge in [-0.25, -0.2) is 0 Å². The van der Waals surface area contributed by atoms with Gasteiger partial charge in [0.2, 0.25) is 5.78 Å². The van der Waals surface area contributed by atoms with Crippen LogP contribution in [0.25, 0.3) is 0 Å². The molecule has 2 aliphatic heterocycles. The monoisotopic (exact) mass is 484 g/mol. The molecular formula is C25H28N2O6S. The first-order valence-electron chi connectivity index (χ1n) is 11.1. The van der Waals surface area contributed by atoms with E-state index in [1.807, 2.05) is 0 Å². The Hall–Kier alpha value is -3.14. The molecule has 3 heterocycles. The SMILES string of the molecule is C=CCOc1ccc(C2C(C(=O)c3cccs3)=C(O)C(=O)N2CCN2CCOCC2)cc1OC. The molecule has 9 heteroatoms. The van der Waals surface area contributed by atoms with E-state index in [1.54, 1.807) is 46.7 Å². The van der Waals surface area contributed by atoms with Crippen LogP contribution in [0.2, 0.25) is 0 Å². The van der Waals surface area contributed by atoms with Gasteiger partial charge in [0.1, 0.15) is 6.61 Å². The zero-order chi connectivity index (χ0) is 24.1. The van der Waals surface area contributed by atoms with E-state index in [0.29, 0.717) is 54.8 Å². The largest absolute Gasteiger partial charge is 0.503 e. The lowest BCUT2D eigenvalue weighted by Gasteiger charge is -2.31. The number of ether oxygens (including phenoxy) is 3. The van der Waals surface area contributed by atoms with Crippen molar-refractivity contribution in [2.75, 3.05) is 53.1 Å². The number of carbonyl (C=O) groups is 2. The lowest BCUT2D eigenvalue weighted by atomic mass is 9.95. The van der Waals surface area contributed by atoms with Crippen LogP contribution in [-0.4, -0.2) is 79.7 Å². The second-order valence-electron chi connectivity index (χ2n) is 7.93. The Labute approximate surface area is 202 Å². The normalized spacial score (nSPS) is 18.9. The van der Waals surface area contributed by atoms with Crippen molar-refractivity contribution in [1.29, 1.82) is 0 Å². The first-order valence-corrected chi connectivity index (χ1v) is 12.0. The van der Waals surface area contributed by atoms with Crippen LogP contribution >= 0.6 is 11.3 Å². The van der Waals surface area contributed by atoms with Crippen LogP contribution in [0.15, 0.2) is 59.7 Å². The first-order chi connectivity index (χ1) is 16.5. The molecule has 1 N–H and O–H groups in total. The molecule has 34 heavy (non-hydrogen) atoms. The van der Waals surface area contributed by atoms with Crippen LogP contribution in [-0.2, 0) is 9.53 Å². The van der Waals surface area contributed by atoms with E-state index in [9.17, 15) is 14.7 Å². The smallest absolute Gasteiger partial charge is 0.290 e. The van der Waals surface area contributed by atoms with E-state index >= 15 is 0 Å². The molecule has 1 saturated heterocycles. The number of benzene rings is 1. The van der Waals surface area contributed by atoms with Gasteiger partial charge < -0.3 is 24.2 Å². The molecule has 2 aliphatic rings. The Balaban J connectivity index is 1.70. The van der Waals surface area contributed by atoms with Crippen LogP contribution < -0.4 is 9.47 Å². The molecule has 1 amide bonds. The molecule has 0 saturated carbocycles. The average Bonchev–Trinajstić information content (AvgIpc) is 3.49. The summed E-state index contributed by atoms with van der Waals surface area (Å²) in [6, 6.07) is 8.00. The predicted molar refractivity (Wildman–Crippen MR) is 129 cm³/mol. The number of carbonyl (C=O) groups excluding carboxylic acids is 2. The molecule has 1 aromatic carbocycles. The summed E-state index contributed by atoms with van der Waals surface area (Å²) in [6.07, 6.45) is 1.63. The summed E-state index contributed by atoms with van der Waals surface area (Å²) in [4.78, 5) is 30.8. The van der Waals surface area contributed by atoms with Gasteiger partial charge >= 0.3 is 0 Å². The van der Waals surface area contributed by atoms with Crippen LogP contribution in [0.4, 0.5) is 0 Å². The standard InChI is InChI=1S/C25H28N2O6S/c1-3-12-33-18-7-6-17(16-19(18)31-2)22-21(23(28)20-5-4-15-34-20)24(29)25(30)27(22)9-8-26-10-13-32-14-11-26/h3-7,15-16,22,29H,1,8-14H2,2H3. The van der Waals surface area contributed by atoms with Gasteiger partial charge in [-0.1, -0.05) is 24.8 Å². The number of aliphatic hydroxyl groups is 1. The molecule has 1 fully saturated rings. The number of rotatable bonds is 10. The number of nitrogens with zero attached hydrogens (tertiary/aromatic N) is 2. The minimum absolute atomic E-state index is 0.0799. The number of aliphatic hydroxyl groups excluding tert-OH is 1. The summed E-state index contributed by atoms with van der Waals surface area (Å²) in [5.41, 5.74) is 0.735. The van der Waals surface area contributed by atoms with Crippen LogP contribution in [0, 0.1) is 0 Å². The molecule has 1 unspecified atom stereocenters. The van der Waals surface area contributed by atoms with E-state index in [1.165, 1.54) is 18.4 Å². The van der Waals surface area contributed by atoms with Gasteiger partial charge in [-0.2, -0.15) is 0 Å². The number of Topliss-reactive ketones (excluding diaryl/α,β-unsaturated/α-hetero) is 1. The molecule has 0 bridgehead atoms. The van der Waals surface area contributed by atoms with Gasteiger partial charge in [0.15, 0.2) is 17.3 Å². The molecule has 1 aromatic heterocycles. The molecular weight excluding hydrogens is 456 g/mol. The van der Waals surface area contributed by atoms with Crippen LogP contribution in [0.5, 0.6) is 11.5 Å². The fourth-order valence-corrected chi connectivity index (χ4v) is 4.88. The third kappa shape index (κ3) is 4.86. The van der Waals surface area contributed by atoms with E-state index in [-0.39, 0.29) is 11.4 Å². The summed E-state index contributed by atoms with van der Waals surface area (Å²) in [6.45, 7) is 7.77. The second-order valence-corrected chi connectivity index (χ2v) is 8.88. The molecule has 0 spiro atoms. The number of thiophene rings is 1. The molecule has 180 valence electrons. The topological polar surface area (TPSA) is 88.5 Å². The highest BCUT2D eigenvalue weighted by Gasteiger charge is 2.44. The van der Waals surface area contributed by atoms with Crippen molar-refractivity contribution in [3.63, 3.8) is 0 Å². The molecule has 0 radical (unpaired) electrons. The van der Waals surface area contributed by atoms with Gasteiger partial charge in [-0.15, -0.1) is 11.3 Å². The van der Waals surface area contributed by atoms with Crippen molar-refractivity contribution in [2.45, 2.75) is 6.04 Å². The third-order valence-corrected chi connectivity index (χ3v) is 6.78. The number of morpholine rings is 1. The number of hydrogen-bond donors (Lipinski definition) is 1. The van der Waals surface area contributed by atoms with E-state index in [2.05, 4.69) is 11.5 Å². The third-order valence-electron chi connectivity index (χ3n) is 5.91. The Bertz CT molecular complexity index is 1080. The highest BCUT2D eigenvalue weighted by Crippen LogP contribution is 2.42. The summed E-state index contributed by atoms with van der Waals surface area (Å²) < 4.78 is 16.6. The van der Waals surface area contributed by atoms with Gasteiger partial charge in [0, 0.05) is 26.2 Å². The molecule has 1 atom stereocenters. The van der Waals surface area contributed by atoms with Crippen molar-refractivity contribution in [2.24, 2.45) is 0 Å². The predicted octanol–water partition coefficient (Wildman–Crippen LogP) is 3.23. The Kier molecular flexibility index (Phi) is 7.66. The number of amides is 1. The highest BCUT2D eigenvalue weighted by molar-refractivity contribution is 7.12. The summed E-state index contributed by atoms with van der Waals surface area (Å²) in [7, 11) is 1.53. The fourth-order valence-electron chi connectivity index (χ4n) is 4.20. The number of ketones is 1. The maximum atomic E-state index is 13.4. The Morgan fingerprint density at radius 3 is 2.74 bits per heavy atom. The maximum absolute atomic E-state index is 13.4. The van der Waals surface area contributed by atoms with Crippen molar-refractivity contribution < 1.29 is 28.9 Å². The first kappa shape index (κ1) is 24.0. The molecule has 2 aromatic rings.